The van der Waals surface area contributed by atoms with E-state index >= 15 is 0 Å². The summed E-state index contributed by atoms with van der Waals surface area (Å²) in [5.41, 5.74) is 1.20. The van der Waals surface area contributed by atoms with Crippen molar-refractivity contribution in [3.63, 3.8) is 0 Å². The standard InChI is InChI=1S/C7H6F.Sb/c1-6-2-4-7(8)5-3-6;/h2-5H,1H2;. The molecule has 0 saturated carbocycles. The van der Waals surface area contributed by atoms with Crippen molar-refractivity contribution >= 4 is 23.0 Å². The Hall–Kier alpha value is -0.0318. The zero-order valence-electron chi connectivity index (χ0n) is 4.84. The Morgan fingerprint density at radius 3 is 2.22 bits per heavy atom. The van der Waals surface area contributed by atoms with Crippen molar-refractivity contribution in [1.82, 2.24) is 0 Å². The van der Waals surface area contributed by atoms with Crippen LogP contribution in [0.3, 0.4) is 0 Å². The van der Waals surface area contributed by atoms with Crippen molar-refractivity contribution in [2.24, 2.45) is 0 Å². The molecule has 1 aromatic carbocycles. The van der Waals surface area contributed by atoms with E-state index in [1.807, 2.05) is 12.1 Å². The summed E-state index contributed by atoms with van der Waals surface area (Å²) < 4.78 is 13.2. The predicted molar refractivity (Wildman–Crippen MR) is 35.9 cm³/mol. The molecule has 2 heteroatoms. The molecule has 0 atom stereocenters. The van der Waals surface area contributed by atoms with Crippen molar-refractivity contribution in [3.05, 3.63) is 35.6 Å². The van der Waals surface area contributed by atoms with Gasteiger partial charge < -0.3 is 0 Å². The third-order valence-electron chi connectivity index (χ3n) is 1.10. The summed E-state index contributed by atoms with van der Waals surface area (Å²) in [5, 5.41) is 0. The summed E-state index contributed by atoms with van der Waals surface area (Å²) in [7, 11) is 0. The van der Waals surface area contributed by atoms with Crippen LogP contribution in [0.25, 0.3) is 0 Å². The predicted octanol–water partition coefficient (Wildman–Crippen LogP) is 1.49. The fourth-order valence-corrected chi connectivity index (χ4v) is 1.19. The van der Waals surface area contributed by atoms with Gasteiger partial charge in [-0.3, -0.25) is 0 Å². The van der Waals surface area contributed by atoms with E-state index in [1.54, 1.807) is 23.0 Å². The summed E-state index contributed by atoms with van der Waals surface area (Å²) in [4.78, 5) is 0. The molecular formula is C7H6FSb. The molecule has 2 radical (unpaired) electrons. The minimum absolute atomic E-state index is 0.154. The maximum atomic E-state index is 12.2. The molecule has 0 amide bonds. The van der Waals surface area contributed by atoms with Gasteiger partial charge in [-0.25, -0.2) is 0 Å². The van der Waals surface area contributed by atoms with Crippen LogP contribution in [0.1, 0.15) is 5.56 Å². The number of benzene rings is 1. The van der Waals surface area contributed by atoms with Gasteiger partial charge >= 0.3 is 67.4 Å². The molecule has 0 unspecified atom stereocenters. The first-order valence-corrected chi connectivity index (χ1v) is 4.49. The van der Waals surface area contributed by atoms with E-state index in [4.69, 9.17) is 0 Å². The average molecular weight is 231 g/mol. The van der Waals surface area contributed by atoms with Crippen LogP contribution in [0.15, 0.2) is 24.3 Å². The summed E-state index contributed by atoms with van der Waals surface area (Å²) in [6.07, 6.45) is 0. The van der Waals surface area contributed by atoms with Crippen molar-refractivity contribution < 1.29 is 4.39 Å². The Morgan fingerprint density at radius 1 is 1.22 bits per heavy atom. The van der Waals surface area contributed by atoms with Crippen LogP contribution >= 0.6 is 0 Å². The van der Waals surface area contributed by atoms with E-state index in [0.717, 1.165) is 4.37 Å². The molecule has 0 heterocycles. The van der Waals surface area contributed by atoms with Gasteiger partial charge in [0.25, 0.3) is 0 Å². The molecule has 9 heavy (non-hydrogen) atoms. The van der Waals surface area contributed by atoms with E-state index < -0.39 is 0 Å². The van der Waals surface area contributed by atoms with Gasteiger partial charge in [0.05, 0.1) is 0 Å². The molecule has 0 bridgehead atoms. The minimum atomic E-state index is -0.154. The zero-order chi connectivity index (χ0) is 6.69. The van der Waals surface area contributed by atoms with Gasteiger partial charge in [-0.2, -0.15) is 0 Å². The monoisotopic (exact) mass is 230 g/mol. The van der Waals surface area contributed by atoms with Gasteiger partial charge in [-0.15, -0.1) is 0 Å². The van der Waals surface area contributed by atoms with E-state index in [1.165, 1.54) is 17.7 Å². The number of hydrogen-bond acceptors (Lipinski definition) is 0. The average Bonchev–Trinajstić information content (AvgIpc) is 1.90. The van der Waals surface area contributed by atoms with Gasteiger partial charge in [0.15, 0.2) is 0 Å². The number of halogens is 1. The Balaban J connectivity index is 2.88. The third-order valence-corrected chi connectivity index (χ3v) is 2.14. The Kier molecular flexibility index (Phi) is 2.53. The SMILES string of the molecule is Fc1ccc([CH2][Sb])cc1. The van der Waals surface area contributed by atoms with E-state index in [2.05, 4.69) is 0 Å². The molecule has 0 fully saturated rings. The van der Waals surface area contributed by atoms with Crippen molar-refractivity contribution in [3.8, 4) is 0 Å². The summed E-state index contributed by atoms with van der Waals surface area (Å²) in [6, 6.07) is 6.61. The molecule has 0 N–H and O–H groups in total. The van der Waals surface area contributed by atoms with Gasteiger partial charge in [0.1, 0.15) is 0 Å². The Morgan fingerprint density at radius 2 is 1.78 bits per heavy atom. The van der Waals surface area contributed by atoms with Gasteiger partial charge in [-0.1, -0.05) is 0 Å². The second-order valence-electron chi connectivity index (χ2n) is 1.78. The van der Waals surface area contributed by atoms with Crippen LogP contribution < -0.4 is 0 Å². The van der Waals surface area contributed by atoms with Crippen LogP contribution in [-0.2, 0) is 4.37 Å². The normalized spacial score (nSPS) is 9.56. The first-order chi connectivity index (χ1) is 4.33. The third kappa shape index (κ3) is 1.98. The van der Waals surface area contributed by atoms with Gasteiger partial charge in [0, 0.05) is 0 Å². The van der Waals surface area contributed by atoms with Crippen LogP contribution in [0, 0.1) is 5.82 Å². The fraction of sp³-hybridized carbons (Fsp3) is 0.143. The molecule has 0 aromatic heterocycles. The van der Waals surface area contributed by atoms with E-state index in [9.17, 15) is 4.39 Å². The molecule has 1 aromatic rings. The molecule has 0 spiro atoms. The van der Waals surface area contributed by atoms with Crippen LogP contribution in [-0.4, -0.2) is 23.0 Å². The molecule has 0 saturated heterocycles. The van der Waals surface area contributed by atoms with Crippen molar-refractivity contribution in [2.75, 3.05) is 0 Å². The Bertz CT molecular complexity index is 181. The van der Waals surface area contributed by atoms with Gasteiger partial charge in [0.2, 0.25) is 0 Å². The topological polar surface area (TPSA) is 0 Å². The fourth-order valence-electron chi connectivity index (χ4n) is 0.590. The molecule has 46 valence electrons. The van der Waals surface area contributed by atoms with Crippen molar-refractivity contribution in [2.45, 2.75) is 4.37 Å². The van der Waals surface area contributed by atoms with E-state index in [-0.39, 0.29) is 5.82 Å². The first-order valence-electron chi connectivity index (χ1n) is 2.68. The zero-order valence-corrected chi connectivity index (χ0v) is 7.39. The maximum absolute atomic E-state index is 12.2. The molecule has 0 aliphatic carbocycles. The first kappa shape index (κ1) is 7.08. The van der Waals surface area contributed by atoms with Crippen LogP contribution in [0.2, 0.25) is 0 Å². The molecular weight excluding hydrogens is 225 g/mol. The quantitative estimate of drug-likeness (QED) is 0.642. The summed E-state index contributed by atoms with van der Waals surface area (Å²) >= 11 is 1.73. The summed E-state index contributed by atoms with van der Waals surface area (Å²) in [6.45, 7) is 0. The van der Waals surface area contributed by atoms with Crippen molar-refractivity contribution in [1.29, 1.82) is 0 Å². The van der Waals surface area contributed by atoms with E-state index in [0.29, 0.717) is 0 Å². The Labute approximate surface area is 67.6 Å². The molecule has 0 nitrogen and oxygen atoms in total. The second-order valence-corrected chi connectivity index (χ2v) is 2.69. The molecule has 1 rings (SSSR count). The summed E-state index contributed by atoms with van der Waals surface area (Å²) in [5.74, 6) is -0.154. The molecule has 0 aliphatic heterocycles. The number of rotatable bonds is 1. The van der Waals surface area contributed by atoms with Gasteiger partial charge in [-0.05, 0) is 0 Å². The second kappa shape index (κ2) is 3.22. The molecule has 0 aliphatic rings. The van der Waals surface area contributed by atoms with Crippen LogP contribution in [0.5, 0.6) is 0 Å². The number of hydrogen-bond donors (Lipinski definition) is 0. The van der Waals surface area contributed by atoms with Crippen LogP contribution in [0.4, 0.5) is 4.39 Å².